The average Bonchev–Trinajstić information content (AvgIpc) is 2.47. The first-order chi connectivity index (χ1) is 9.35. The molecule has 0 aromatic rings. The summed E-state index contributed by atoms with van der Waals surface area (Å²) in [6.07, 6.45) is 4.86. The average molecular weight is 286 g/mol. The molecule has 0 amide bonds. The monoisotopic (exact) mass is 286 g/mol. The Bertz CT molecular complexity index is 265. The highest BCUT2D eigenvalue weighted by Crippen LogP contribution is 2.36. The molecular formula is C17H34O3. The van der Waals surface area contributed by atoms with Crippen molar-refractivity contribution in [1.29, 1.82) is 0 Å². The standard InChI is InChI=1S/C17H34O3/c1-7-15(8-2)11-17(9-3,10-4)12-20-16(19)13(5)14(6)18/h13-15,18H,7-12H2,1-6H3. The molecular weight excluding hydrogens is 252 g/mol. The second-order valence-corrected chi connectivity index (χ2v) is 6.23. The smallest absolute Gasteiger partial charge is 0.311 e. The molecule has 0 saturated carbocycles. The second kappa shape index (κ2) is 9.38. The van der Waals surface area contributed by atoms with Crippen LogP contribution >= 0.6 is 0 Å². The zero-order valence-corrected chi connectivity index (χ0v) is 14.2. The molecule has 0 saturated heterocycles. The number of ether oxygens (including phenoxy) is 1. The Balaban J connectivity index is 4.64. The zero-order valence-electron chi connectivity index (χ0n) is 14.2. The van der Waals surface area contributed by atoms with Crippen LogP contribution in [0.3, 0.4) is 0 Å². The fourth-order valence-electron chi connectivity index (χ4n) is 2.54. The molecule has 0 bridgehead atoms. The zero-order chi connectivity index (χ0) is 15.8. The molecule has 0 spiro atoms. The van der Waals surface area contributed by atoms with Gasteiger partial charge in [-0.15, -0.1) is 0 Å². The third kappa shape index (κ3) is 5.82. The van der Waals surface area contributed by atoms with Crippen LogP contribution in [0, 0.1) is 17.3 Å². The molecule has 2 unspecified atom stereocenters. The largest absolute Gasteiger partial charge is 0.465 e. The highest BCUT2D eigenvalue weighted by Gasteiger charge is 2.31. The maximum absolute atomic E-state index is 11.9. The van der Waals surface area contributed by atoms with E-state index in [-0.39, 0.29) is 11.4 Å². The van der Waals surface area contributed by atoms with Crippen LogP contribution in [0.1, 0.15) is 73.6 Å². The van der Waals surface area contributed by atoms with Crippen LogP contribution < -0.4 is 0 Å². The Morgan fingerprint density at radius 1 is 1.10 bits per heavy atom. The first-order valence-corrected chi connectivity index (χ1v) is 8.20. The minimum atomic E-state index is -0.654. The predicted molar refractivity (Wildman–Crippen MR) is 83.5 cm³/mol. The van der Waals surface area contributed by atoms with E-state index in [1.807, 2.05) is 0 Å². The molecule has 3 nitrogen and oxygen atoms in total. The Kier molecular flexibility index (Phi) is 9.11. The summed E-state index contributed by atoms with van der Waals surface area (Å²) < 4.78 is 5.50. The number of hydrogen-bond acceptors (Lipinski definition) is 3. The van der Waals surface area contributed by atoms with Gasteiger partial charge in [0.25, 0.3) is 0 Å². The third-order valence-electron chi connectivity index (χ3n) is 4.99. The van der Waals surface area contributed by atoms with Crippen molar-refractivity contribution in [3.8, 4) is 0 Å². The normalized spacial score (nSPS) is 15.2. The number of aliphatic hydroxyl groups excluding tert-OH is 1. The second-order valence-electron chi connectivity index (χ2n) is 6.23. The molecule has 0 aliphatic rings. The van der Waals surface area contributed by atoms with Gasteiger partial charge in [-0.1, -0.05) is 40.5 Å². The molecule has 3 heteroatoms. The van der Waals surface area contributed by atoms with Crippen molar-refractivity contribution < 1.29 is 14.6 Å². The van der Waals surface area contributed by atoms with E-state index >= 15 is 0 Å². The van der Waals surface area contributed by atoms with Crippen LogP contribution in [-0.2, 0) is 9.53 Å². The molecule has 120 valence electrons. The lowest BCUT2D eigenvalue weighted by Gasteiger charge is -2.34. The molecule has 0 radical (unpaired) electrons. The highest BCUT2D eigenvalue weighted by molar-refractivity contribution is 5.72. The summed E-state index contributed by atoms with van der Waals surface area (Å²) in [7, 11) is 0. The lowest BCUT2D eigenvalue weighted by atomic mass is 9.74. The van der Waals surface area contributed by atoms with Crippen LogP contribution in [-0.4, -0.2) is 23.8 Å². The van der Waals surface area contributed by atoms with Gasteiger partial charge >= 0.3 is 5.97 Å². The summed E-state index contributed by atoms with van der Waals surface area (Å²) in [6, 6.07) is 0. The SMILES string of the molecule is CCC(CC)CC(CC)(CC)COC(=O)C(C)C(C)O. The Morgan fingerprint density at radius 2 is 1.60 bits per heavy atom. The number of aliphatic hydroxyl groups is 1. The molecule has 2 atom stereocenters. The van der Waals surface area contributed by atoms with Gasteiger partial charge in [0.15, 0.2) is 0 Å². The summed E-state index contributed by atoms with van der Waals surface area (Å²) in [4.78, 5) is 11.9. The Labute approximate surface area is 125 Å². The quantitative estimate of drug-likeness (QED) is 0.613. The first kappa shape index (κ1) is 19.4. The van der Waals surface area contributed by atoms with Crippen molar-refractivity contribution in [3.05, 3.63) is 0 Å². The number of hydrogen-bond donors (Lipinski definition) is 1. The minimum absolute atomic E-state index is 0.0881. The molecule has 0 aliphatic carbocycles. The van der Waals surface area contributed by atoms with Crippen molar-refractivity contribution in [2.75, 3.05) is 6.61 Å². The maximum Gasteiger partial charge on any atom is 0.311 e. The van der Waals surface area contributed by atoms with Crippen molar-refractivity contribution in [3.63, 3.8) is 0 Å². The number of carbonyl (C=O) groups excluding carboxylic acids is 1. The van der Waals surface area contributed by atoms with E-state index in [0.717, 1.165) is 19.3 Å². The van der Waals surface area contributed by atoms with E-state index in [1.165, 1.54) is 12.8 Å². The van der Waals surface area contributed by atoms with Gasteiger partial charge < -0.3 is 9.84 Å². The summed E-state index contributed by atoms with van der Waals surface area (Å²) in [6.45, 7) is 12.6. The third-order valence-corrected chi connectivity index (χ3v) is 4.99. The molecule has 1 N–H and O–H groups in total. The molecule has 20 heavy (non-hydrogen) atoms. The Hall–Kier alpha value is -0.570. The van der Waals surface area contributed by atoms with Crippen LogP contribution in [0.2, 0.25) is 0 Å². The summed E-state index contributed by atoms with van der Waals surface area (Å²) >= 11 is 0. The maximum atomic E-state index is 11.9. The summed E-state index contributed by atoms with van der Waals surface area (Å²) in [5.74, 6) is -0.0341. The summed E-state index contributed by atoms with van der Waals surface area (Å²) in [5.41, 5.74) is 0.0881. The van der Waals surface area contributed by atoms with E-state index < -0.39 is 12.0 Å². The molecule has 0 aliphatic heterocycles. The molecule has 0 aromatic carbocycles. The van der Waals surface area contributed by atoms with Gasteiger partial charge in [-0.3, -0.25) is 4.79 Å². The Morgan fingerprint density at radius 3 is 1.95 bits per heavy atom. The number of rotatable bonds is 10. The topological polar surface area (TPSA) is 46.5 Å². The van der Waals surface area contributed by atoms with E-state index in [0.29, 0.717) is 12.5 Å². The lowest BCUT2D eigenvalue weighted by molar-refractivity contribution is -0.155. The van der Waals surface area contributed by atoms with E-state index in [2.05, 4.69) is 27.7 Å². The fourth-order valence-corrected chi connectivity index (χ4v) is 2.54. The van der Waals surface area contributed by atoms with Crippen molar-refractivity contribution in [2.45, 2.75) is 79.8 Å². The van der Waals surface area contributed by atoms with Gasteiger partial charge in [-0.05, 0) is 39.0 Å². The minimum Gasteiger partial charge on any atom is -0.465 e. The van der Waals surface area contributed by atoms with Crippen LogP contribution in [0.15, 0.2) is 0 Å². The van der Waals surface area contributed by atoms with Gasteiger partial charge in [-0.25, -0.2) is 0 Å². The van der Waals surface area contributed by atoms with Gasteiger partial charge in [-0.2, -0.15) is 0 Å². The summed E-state index contributed by atoms with van der Waals surface area (Å²) in [5, 5.41) is 9.46. The van der Waals surface area contributed by atoms with Crippen LogP contribution in [0.4, 0.5) is 0 Å². The van der Waals surface area contributed by atoms with Crippen LogP contribution in [0.25, 0.3) is 0 Å². The van der Waals surface area contributed by atoms with Crippen molar-refractivity contribution in [2.24, 2.45) is 17.3 Å². The van der Waals surface area contributed by atoms with Crippen molar-refractivity contribution >= 4 is 5.97 Å². The van der Waals surface area contributed by atoms with E-state index in [9.17, 15) is 9.90 Å². The molecule has 0 heterocycles. The lowest BCUT2D eigenvalue weighted by Crippen LogP contribution is -2.33. The molecule has 0 aromatic heterocycles. The first-order valence-electron chi connectivity index (χ1n) is 8.20. The van der Waals surface area contributed by atoms with E-state index in [4.69, 9.17) is 4.74 Å². The van der Waals surface area contributed by atoms with E-state index in [1.54, 1.807) is 13.8 Å². The number of carbonyl (C=O) groups is 1. The molecule has 0 rings (SSSR count). The number of esters is 1. The predicted octanol–water partition coefficient (Wildman–Crippen LogP) is 4.18. The van der Waals surface area contributed by atoms with Crippen molar-refractivity contribution in [1.82, 2.24) is 0 Å². The highest BCUT2D eigenvalue weighted by atomic mass is 16.5. The molecule has 0 fully saturated rings. The van der Waals surface area contributed by atoms with Gasteiger partial charge in [0, 0.05) is 5.41 Å². The van der Waals surface area contributed by atoms with Gasteiger partial charge in [0.1, 0.15) is 0 Å². The van der Waals surface area contributed by atoms with Gasteiger partial charge in [0.2, 0.25) is 0 Å². The fraction of sp³-hybridized carbons (Fsp3) is 0.941. The van der Waals surface area contributed by atoms with Crippen LogP contribution in [0.5, 0.6) is 0 Å². The van der Waals surface area contributed by atoms with Gasteiger partial charge in [0.05, 0.1) is 18.6 Å².